The Labute approximate surface area is 388 Å². The fourth-order valence-electron chi connectivity index (χ4n) is 7.82. The minimum atomic E-state index is -0.234. The third kappa shape index (κ3) is 12.9. The van der Waals surface area contributed by atoms with Crippen molar-refractivity contribution >= 4 is 39.4 Å². The Morgan fingerprint density at radius 2 is 1.17 bits per heavy atom. The molecular formula is C49H56BrN11O4. The van der Waals surface area contributed by atoms with Gasteiger partial charge in [-0.3, -0.25) is 23.9 Å². The van der Waals surface area contributed by atoms with Gasteiger partial charge in [-0.2, -0.15) is 10.2 Å². The number of pyridine rings is 2. The summed E-state index contributed by atoms with van der Waals surface area (Å²) >= 11 is 3.44. The summed E-state index contributed by atoms with van der Waals surface area (Å²) in [5, 5.41) is 14.6. The summed E-state index contributed by atoms with van der Waals surface area (Å²) in [4.78, 5) is 36.5. The van der Waals surface area contributed by atoms with Crippen LogP contribution in [0.5, 0.6) is 0 Å². The lowest BCUT2D eigenvalue weighted by molar-refractivity contribution is 0.0272. The largest absolute Gasteiger partial charge is 0.383 e. The lowest BCUT2D eigenvalue weighted by atomic mass is 10.1. The molecule has 16 heteroatoms. The molecule has 6 aromatic rings. The molecular weight excluding hydrogens is 887 g/mol. The Morgan fingerprint density at radius 3 is 1.60 bits per heavy atom. The zero-order valence-electron chi connectivity index (χ0n) is 37.2. The molecule has 2 aromatic carbocycles. The third-order valence-electron chi connectivity index (χ3n) is 11.4. The first kappa shape index (κ1) is 46.6. The molecule has 4 aromatic heterocycles. The van der Waals surface area contributed by atoms with Crippen molar-refractivity contribution in [1.82, 2.24) is 45.1 Å². The quantitative estimate of drug-likeness (QED) is 0.0920. The van der Waals surface area contributed by atoms with Crippen LogP contribution in [0.15, 0.2) is 102 Å². The van der Waals surface area contributed by atoms with Crippen molar-refractivity contribution < 1.29 is 19.1 Å². The number of carbonyl (C=O) groups is 2. The van der Waals surface area contributed by atoms with Crippen molar-refractivity contribution in [3.63, 3.8) is 0 Å². The van der Waals surface area contributed by atoms with Gasteiger partial charge in [-0.15, -0.1) is 0 Å². The highest BCUT2D eigenvalue weighted by atomic mass is 79.9. The van der Waals surface area contributed by atoms with Crippen LogP contribution in [0, 0.1) is 11.8 Å². The Balaban J connectivity index is 0.000000196. The number of nitrogens with two attached hydrogens (primary N) is 2. The van der Waals surface area contributed by atoms with Gasteiger partial charge in [0.05, 0.1) is 67.6 Å². The predicted molar refractivity (Wildman–Crippen MR) is 255 cm³/mol. The van der Waals surface area contributed by atoms with Crippen molar-refractivity contribution in [2.75, 3.05) is 32.1 Å². The van der Waals surface area contributed by atoms with E-state index in [2.05, 4.69) is 58.6 Å². The van der Waals surface area contributed by atoms with E-state index in [1.54, 1.807) is 46.3 Å². The monoisotopic (exact) mass is 941 g/mol. The van der Waals surface area contributed by atoms with Gasteiger partial charge in [0.1, 0.15) is 11.6 Å². The first-order chi connectivity index (χ1) is 31.4. The number of ether oxygens (including phenoxy) is 2. The highest BCUT2D eigenvalue weighted by Crippen LogP contribution is 2.28. The number of carbonyl (C=O) groups excluding carboxylic acids is 2. The molecule has 0 unspecified atom stereocenters. The van der Waals surface area contributed by atoms with Crippen LogP contribution >= 0.6 is 15.9 Å². The second-order valence-corrected chi connectivity index (χ2v) is 17.6. The van der Waals surface area contributed by atoms with Crippen LogP contribution < -0.4 is 22.1 Å². The number of hydrogen-bond acceptors (Lipinski definition) is 11. The minimum Gasteiger partial charge on any atom is -0.383 e. The summed E-state index contributed by atoms with van der Waals surface area (Å²) in [6.07, 6.45) is 16.0. The number of benzene rings is 2. The second-order valence-electron chi connectivity index (χ2n) is 16.7. The maximum Gasteiger partial charge on any atom is 0.255 e. The highest BCUT2D eigenvalue weighted by molar-refractivity contribution is 9.10. The molecule has 4 atom stereocenters. The van der Waals surface area contributed by atoms with E-state index in [4.69, 9.17) is 20.9 Å². The number of rotatable bonds is 13. The SMILES string of the molecule is CN(C)CC#Cc1ccc(CO[C@H]2CCC[C@@H]2NC(=O)c2cc(-c3cnn(C)c3)cnc2N)cc1.Cn1cc(-c2cnc(N)c(C(=O)N[C@H]3CCC[C@@H]3OCc3ccc(Br)cc3)c2)cn1. The average molecular weight is 943 g/mol. The van der Waals surface area contributed by atoms with Crippen LogP contribution in [0.4, 0.5) is 11.6 Å². The van der Waals surface area contributed by atoms with Gasteiger partial charge >= 0.3 is 0 Å². The van der Waals surface area contributed by atoms with Crippen LogP contribution in [0.1, 0.15) is 75.9 Å². The Morgan fingerprint density at radius 1 is 0.708 bits per heavy atom. The standard InChI is InChI=1S/C27H32N6O2.C22H24BrN5O2/c1-32(2)13-5-6-19-9-11-20(12-10-19)18-35-25-8-4-7-24(25)31-27(34)23-14-21(15-29-26(23)28)22-16-30-33(3)17-22;1-28-12-16(11-26-28)15-9-18(21(24)25-10-15)22(29)27-19-3-2-4-20(19)30-13-14-5-7-17(23)8-6-14/h9-12,14-17,24-25H,4,7-8,13,18H2,1-3H3,(H2,28,29)(H,31,34);5-12,19-20H,2-4,13H2,1H3,(H2,24,25)(H,27,29)/t24-,25-;19-,20-/m00/s1. The number of nitrogens with zero attached hydrogens (tertiary/aromatic N) is 7. The summed E-state index contributed by atoms with van der Waals surface area (Å²) in [6, 6.07) is 19.6. The second kappa shape index (κ2) is 22.0. The normalized spacial score (nSPS) is 17.8. The Kier molecular flexibility index (Phi) is 15.8. The summed E-state index contributed by atoms with van der Waals surface area (Å²) < 4.78 is 16.8. The molecule has 4 heterocycles. The third-order valence-corrected chi connectivity index (χ3v) is 11.9. The molecule has 8 rings (SSSR count). The first-order valence-electron chi connectivity index (χ1n) is 21.7. The fraction of sp³-hybridized carbons (Fsp3) is 0.347. The van der Waals surface area contributed by atoms with Gasteiger partial charge in [0.2, 0.25) is 0 Å². The molecule has 2 aliphatic carbocycles. The molecule has 0 radical (unpaired) electrons. The van der Waals surface area contributed by atoms with E-state index in [0.717, 1.165) is 88.5 Å². The number of nitrogen functional groups attached to an aromatic ring is 2. The van der Waals surface area contributed by atoms with E-state index in [9.17, 15) is 9.59 Å². The summed E-state index contributed by atoms with van der Waals surface area (Å²) in [5.74, 6) is 6.26. The van der Waals surface area contributed by atoms with Gasteiger partial charge in [-0.1, -0.05) is 52.0 Å². The van der Waals surface area contributed by atoms with Crippen molar-refractivity contribution in [3.8, 4) is 34.1 Å². The predicted octanol–water partition coefficient (Wildman–Crippen LogP) is 6.54. The molecule has 0 saturated heterocycles. The average Bonchev–Trinajstić information content (AvgIpc) is 4.13. The molecule has 2 fully saturated rings. The van der Waals surface area contributed by atoms with Crippen molar-refractivity contribution in [3.05, 3.63) is 130 Å². The Bertz CT molecular complexity index is 2620. The molecule has 0 bridgehead atoms. The van der Waals surface area contributed by atoms with Crippen LogP contribution in [0.25, 0.3) is 22.3 Å². The van der Waals surface area contributed by atoms with Gasteiger partial charge < -0.3 is 31.6 Å². The van der Waals surface area contributed by atoms with E-state index in [-0.39, 0.29) is 47.7 Å². The molecule has 2 aliphatic rings. The van der Waals surface area contributed by atoms with E-state index in [1.165, 1.54) is 0 Å². The summed E-state index contributed by atoms with van der Waals surface area (Å²) in [7, 11) is 7.69. The van der Waals surface area contributed by atoms with Gasteiger partial charge in [0, 0.05) is 71.2 Å². The van der Waals surface area contributed by atoms with E-state index in [0.29, 0.717) is 24.3 Å². The van der Waals surface area contributed by atoms with E-state index >= 15 is 0 Å². The van der Waals surface area contributed by atoms with Crippen molar-refractivity contribution in [1.29, 1.82) is 0 Å². The zero-order chi connectivity index (χ0) is 45.9. The van der Waals surface area contributed by atoms with Crippen LogP contribution in [-0.4, -0.2) is 91.2 Å². The highest BCUT2D eigenvalue weighted by Gasteiger charge is 2.32. The number of hydrogen-bond donors (Lipinski definition) is 4. The van der Waals surface area contributed by atoms with Gasteiger partial charge in [-0.05, 0) is 100 Å². The zero-order valence-corrected chi connectivity index (χ0v) is 38.8. The lowest BCUT2D eigenvalue weighted by Crippen LogP contribution is -2.41. The maximum absolute atomic E-state index is 13.1. The van der Waals surface area contributed by atoms with E-state index in [1.807, 2.05) is 94.0 Å². The van der Waals surface area contributed by atoms with Gasteiger partial charge in [0.25, 0.3) is 11.8 Å². The van der Waals surface area contributed by atoms with Crippen LogP contribution in [0.3, 0.4) is 0 Å². The fourth-order valence-corrected chi connectivity index (χ4v) is 8.08. The first-order valence-corrected chi connectivity index (χ1v) is 22.5. The molecule has 2 saturated carbocycles. The van der Waals surface area contributed by atoms with Crippen LogP contribution in [-0.2, 0) is 36.8 Å². The number of aromatic nitrogens is 6. The number of halogens is 1. The number of amides is 2. The summed E-state index contributed by atoms with van der Waals surface area (Å²) in [5.41, 5.74) is 19.3. The maximum atomic E-state index is 13.1. The molecule has 15 nitrogen and oxygen atoms in total. The Hall–Kier alpha value is -6.38. The summed E-state index contributed by atoms with van der Waals surface area (Å²) in [6.45, 7) is 1.74. The minimum absolute atomic E-state index is 0.0201. The lowest BCUT2D eigenvalue weighted by Gasteiger charge is -2.22. The number of aryl methyl sites for hydroxylation is 2. The van der Waals surface area contributed by atoms with Gasteiger partial charge in [0.15, 0.2) is 0 Å². The smallest absolute Gasteiger partial charge is 0.255 e. The molecule has 65 heavy (non-hydrogen) atoms. The molecule has 0 spiro atoms. The number of nitrogens with one attached hydrogen (secondary N) is 2. The van der Waals surface area contributed by atoms with Crippen molar-refractivity contribution in [2.24, 2.45) is 14.1 Å². The van der Waals surface area contributed by atoms with Crippen LogP contribution in [0.2, 0.25) is 0 Å². The molecule has 0 aliphatic heterocycles. The topological polar surface area (TPSA) is 193 Å². The number of anilines is 2. The molecule has 6 N–H and O–H groups in total. The molecule has 2 amide bonds. The van der Waals surface area contributed by atoms with E-state index < -0.39 is 0 Å². The van der Waals surface area contributed by atoms with Crippen molar-refractivity contribution in [2.45, 2.75) is 76.0 Å². The molecule has 338 valence electrons. The van der Waals surface area contributed by atoms with Gasteiger partial charge in [-0.25, -0.2) is 9.97 Å².